The zero-order valence-corrected chi connectivity index (χ0v) is 23.2. The second-order valence-electron chi connectivity index (χ2n) is 10.6. The Morgan fingerprint density at radius 1 is 0.950 bits per heavy atom. The Hall–Kier alpha value is -4.42. The lowest BCUT2D eigenvalue weighted by molar-refractivity contribution is 0.0734. The van der Waals surface area contributed by atoms with E-state index in [-0.39, 0.29) is 5.54 Å². The van der Waals surface area contributed by atoms with Crippen LogP contribution >= 0.6 is 0 Å². The topological polar surface area (TPSA) is 67.8 Å². The number of aryl methyl sites for hydroxylation is 1. The van der Waals surface area contributed by atoms with Crippen molar-refractivity contribution in [3.05, 3.63) is 119 Å². The maximum absolute atomic E-state index is 14.4. The van der Waals surface area contributed by atoms with E-state index in [1.165, 1.54) is 12.1 Å². The van der Waals surface area contributed by atoms with Gasteiger partial charge in [0, 0.05) is 28.4 Å². The third kappa shape index (κ3) is 5.23. The van der Waals surface area contributed by atoms with Crippen LogP contribution in [0.1, 0.15) is 59.5 Å². The minimum Gasteiger partial charge on any atom is -0.496 e. The number of fused-ring (bicyclic) bond motifs is 1. The van der Waals surface area contributed by atoms with Crippen LogP contribution < -0.4 is 14.8 Å². The molecule has 4 aromatic rings. The normalized spacial score (nSPS) is 14.4. The Kier molecular flexibility index (Phi) is 7.21. The number of allylic oxidation sites excluding steroid dienone is 1. The van der Waals surface area contributed by atoms with E-state index in [1.54, 1.807) is 49.6 Å². The number of rotatable bonds is 6. The molecular weight excluding hydrogens is 505 g/mol. The molecule has 0 fully saturated rings. The van der Waals surface area contributed by atoms with E-state index < -0.39 is 17.9 Å². The van der Waals surface area contributed by atoms with Crippen LogP contribution in [-0.2, 0) is 0 Å². The number of hydrogen-bond donors (Lipinski definition) is 2. The molecule has 6 heteroatoms. The predicted molar refractivity (Wildman–Crippen MR) is 156 cm³/mol. The monoisotopic (exact) mass is 537 g/mol. The molecular formula is C34H32FNO4. The molecule has 1 heterocycles. The standard InChI is InChI=1S/C34H32FNO4/c1-20-11-12-23(35)17-27(20)32(37)31-26(15-16-28-30(31)21(2)19-34(3,4)36-28)25-14-13-24(18-29(25)39-5)40-33(38)22-9-7-6-8-10-22/h6-19,32,36-37H,1-5H3. The van der Waals surface area contributed by atoms with E-state index in [0.717, 1.165) is 28.0 Å². The van der Waals surface area contributed by atoms with Crippen LogP contribution in [0.3, 0.4) is 0 Å². The smallest absolute Gasteiger partial charge is 0.343 e. The molecule has 40 heavy (non-hydrogen) atoms. The number of esters is 1. The highest BCUT2D eigenvalue weighted by molar-refractivity contribution is 5.92. The predicted octanol–water partition coefficient (Wildman–Crippen LogP) is 7.72. The van der Waals surface area contributed by atoms with Gasteiger partial charge in [0.15, 0.2) is 0 Å². The van der Waals surface area contributed by atoms with Crippen molar-refractivity contribution in [2.75, 3.05) is 12.4 Å². The number of benzene rings is 4. The number of ether oxygens (including phenoxy) is 2. The SMILES string of the molecule is COc1cc(OC(=O)c2ccccc2)ccc1-c1ccc2c(c1C(O)c1cc(F)ccc1C)C(C)=CC(C)(C)N2. The lowest BCUT2D eigenvalue weighted by Gasteiger charge is -2.34. The Labute approximate surface area is 233 Å². The molecule has 204 valence electrons. The molecule has 5 rings (SSSR count). The van der Waals surface area contributed by atoms with Crippen molar-refractivity contribution in [1.82, 2.24) is 0 Å². The minimum atomic E-state index is -1.12. The lowest BCUT2D eigenvalue weighted by atomic mass is 9.81. The number of methoxy groups -OCH3 is 1. The van der Waals surface area contributed by atoms with Crippen molar-refractivity contribution in [2.45, 2.75) is 39.3 Å². The fourth-order valence-corrected chi connectivity index (χ4v) is 5.42. The van der Waals surface area contributed by atoms with Crippen LogP contribution in [0, 0.1) is 12.7 Å². The van der Waals surface area contributed by atoms with E-state index in [1.807, 2.05) is 38.1 Å². The summed E-state index contributed by atoms with van der Waals surface area (Å²) in [6.07, 6.45) is 1.00. The molecule has 0 aromatic heterocycles. The highest BCUT2D eigenvalue weighted by atomic mass is 19.1. The van der Waals surface area contributed by atoms with Crippen molar-refractivity contribution in [2.24, 2.45) is 0 Å². The fourth-order valence-electron chi connectivity index (χ4n) is 5.42. The van der Waals surface area contributed by atoms with Crippen LogP contribution in [0.5, 0.6) is 11.5 Å². The third-order valence-electron chi connectivity index (χ3n) is 7.17. The molecule has 0 bridgehead atoms. The van der Waals surface area contributed by atoms with Gasteiger partial charge >= 0.3 is 5.97 Å². The summed E-state index contributed by atoms with van der Waals surface area (Å²) in [5.74, 6) is -0.0977. The first-order chi connectivity index (χ1) is 19.1. The molecule has 5 nitrogen and oxygen atoms in total. The van der Waals surface area contributed by atoms with Gasteiger partial charge in [-0.25, -0.2) is 9.18 Å². The summed E-state index contributed by atoms with van der Waals surface area (Å²) < 4.78 is 25.7. The van der Waals surface area contributed by atoms with Gasteiger partial charge in [-0.1, -0.05) is 36.4 Å². The van der Waals surface area contributed by atoms with Gasteiger partial charge in [0.25, 0.3) is 0 Å². The first-order valence-electron chi connectivity index (χ1n) is 13.1. The van der Waals surface area contributed by atoms with E-state index in [0.29, 0.717) is 33.8 Å². The van der Waals surface area contributed by atoms with Crippen LogP contribution in [0.25, 0.3) is 16.7 Å². The van der Waals surface area contributed by atoms with E-state index in [9.17, 15) is 14.3 Å². The second kappa shape index (κ2) is 10.6. The molecule has 0 saturated carbocycles. The van der Waals surface area contributed by atoms with Gasteiger partial charge in [-0.15, -0.1) is 0 Å². The van der Waals surface area contributed by atoms with Crippen molar-refractivity contribution < 1.29 is 23.8 Å². The molecule has 0 spiro atoms. The number of aliphatic hydroxyl groups excluding tert-OH is 1. The van der Waals surface area contributed by atoms with E-state index in [4.69, 9.17) is 9.47 Å². The van der Waals surface area contributed by atoms with Gasteiger partial charge < -0.3 is 19.9 Å². The number of halogens is 1. The molecule has 0 amide bonds. The number of anilines is 1. The number of carbonyl (C=O) groups excluding carboxylic acids is 1. The Morgan fingerprint density at radius 3 is 2.40 bits per heavy atom. The highest BCUT2D eigenvalue weighted by Gasteiger charge is 2.30. The van der Waals surface area contributed by atoms with Crippen molar-refractivity contribution in [3.8, 4) is 22.6 Å². The summed E-state index contributed by atoms with van der Waals surface area (Å²) in [5, 5.41) is 15.4. The van der Waals surface area contributed by atoms with E-state index >= 15 is 0 Å². The highest BCUT2D eigenvalue weighted by Crippen LogP contribution is 2.47. The van der Waals surface area contributed by atoms with Gasteiger partial charge in [0.1, 0.15) is 23.4 Å². The second-order valence-corrected chi connectivity index (χ2v) is 10.6. The molecule has 0 saturated heterocycles. The summed E-state index contributed by atoms with van der Waals surface area (Å²) in [5.41, 5.74) is 6.21. The Balaban J connectivity index is 1.66. The van der Waals surface area contributed by atoms with Crippen LogP contribution in [0.2, 0.25) is 0 Å². The fraction of sp³-hybridized carbons (Fsp3) is 0.206. The van der Waals surface area contributed by atoms with Crippen molar-refractivity contribution >= 4 is 17.2 Å². The van der Waals surface area contributed by atoms with Crippen molar-refractivity contribution in [3.63, 3.8) is 0 Å². The van der Waals surface area contributed by atoms with Gasteiger partial charge in [0.05, 0.1) is 18.2 Å². The minimum absolute atomic E-state index is 0.280. The Bertz CT molecular complexity index is 1630. The van der Waals surface area contributed by atoms with Gasteiger partial charge in [-0.2, -0.15) is 0 Å². The summed E-state index contributed by atoms with van der Waals surface area (Å²) in [6, 6.07) is 22.3. The number of aliphatic hydroxyl groups is 1. The summed E-state index contributed by atoms with van der Waals surface area (Å²) in [4.78, 5) is 12.6. The van der Waals surface area contributed by atoms with Crippen LogP contribution in [0.4, 0.5) is 10.1 Å². The van der Waals surface area contributed by atoms with Crippen LogP contribution in [0.15, 0.2) is 84.9 Å². The first-order valence-corrected chi connectivity index (χ1v) is 13.1. The van der Waals surface area contributed by atoms with Gasteiger partial charge in [-0.05, 0) is 92.4 Å². The molecule has 1 aliphatic rings. The maximum Gasteiger partial charge on any atom is 0.343 e. The van der Waals surface area contributed by atoms with Crippen molar-refractivity contribution in [1.29, 1.82) is 0 Å². The summed E-state index contributed by atoms with van der Waals surface area (Å²) >= 11 is 0. The quantitative estimate of drug-likeness (QED) is 0.195. The van der Waals surface area contributed by atoms with Crippen LogP contribution in [-0.4, -0.2) is 23.7 Å². The average molecular weight is 538 g/mol. The lowest BCUT2D eigenvalue weighted by Crippen LogP contribution is -2.32. The Morgan fingerprint density at radius 2 is 1.68 bits per heavy atom. The van der Waals surface area contributed by atoms with E-state index in [2.05, 4.69) is 25.2 Å². The molecule has 1 atom stereocenters. The zero-order valence-electron chi connectivity index (χ0n) is 23.2. The molecule has 1 aliphatic heterocycles. The summed E-state index contributed by atoms with van der Waals surface area (Å²) in [7, 11) is 1.54. The zero-order chi connectivity index (χ0) is 28.6. The summed E-state index contributed by atoms with van der Waals surface area (Å²) in [6.45, 7) is 8.04. The number of carbonyl (C=O) groups is 1. The number of hydrogen-bond acceptors (Lipinski definition) is 5. The largest absolute Gasteiger partial charge is 0.496 e. The van der Waals surface area contributed by atoms with Gasteiger partial charge in [-0.3, -0.25) is 0 Å². The third-order valence-corrected chi connectivity index (χ3v) is 7.17. The first kappa shape index (κ1) is 27.2. The molecule has 1 unspecified atom stereocenters. The average Bonchev–Trinajstić information content (AvgIpc) is 2.93. The van der Waals surface area contributed by atoms with Gasteiger partial charge in [0.2, 0.25) is 0 Å². The molecule has 2 N–H and O–H groups in total. The number of nitrogens with one attached hydrogen (secondary N) is 1. The molecule has 0 radical (unpaired) electrons. The molecule has 0 aliphatic carbocycles. The molecule has 4 aromatic carbocycles. The maximum atomic E-state index is 14.4.